The summed E-state index contributed by atoms with van der Waals surface area (Å²) in [5, 5.41) is 0. The summed E-state index contributed by atoms with van der Waals surface area (Å²) in [6.07, 6.45) is 2.50. The van der Waals surface area contributed by atoms with Crippen molar-refractivity contribution >= 4 is 0 Å². The molecule has 0 fully saturated rings. The van der Waals surface area contributed by atoms with Crippen molar-refractivity contribution in [1.82, 2.24) is 0 Å². The van der Waals surface area contributed by atoms with Crippen molar-refractivity contribution in [1.29, 1.82) is 0 Å². The Bertz CT molecular complexity index is 11.4. The molecule has 0 aromatic heterocycles. The van der Waals surface area contributed by atoms with Gasteiger partial charge < -0.3 is 13.5 Å². The van der Waals surface area contributed by atoms with Gasteiger partial charge in [0.1, 0.15) is 0 Å². The SMILES string of the molecule is C.C=[C-]C.[CH3-].[Y]. The molecule has 0 saturated carbocycles. The molecular weight excluding hydrogens is 149 g/mol. The molecule has 0 saturated heterocycles. The van der Waals surface area contributed by atoms with Crippen LogP contribution < -0.4 is 0 Å². The third-order valence-electron chi connectivity index (χ3n) is 0. The molecule has 0 aliphatic rings. The van der Waals surface area contributed by atoms with Crippen LogP contribution in [0, 0.1) is 13.5 Å². The zero-order chi connectivity index (χ0) is 2.71. The first-order valence-electron chi connectivity index (χ1n) is 0.854. The Hall–Kier alpha value is 0.844. The van der Waals surface area contributed by atoms with Crippen molar-refractivity contribution in [3.05, 3.63) is 20.1 Å². The van der Waals surface area contributed by atoms with Crippen molar-refractivity contribution in [2.75, 3.05) is 0 Å². The number of hydrogen-bond donors (Lipinski definition) is 0. The average Bonchev–Trinajstić information content (AvgIpc) is 0.918. The fourth-order valence-corrected chi connectivity index (χ4v) is 0. The van der Waals surface area contributed by atoms with E-state index in [9.17, 15) is 0 Å². The van der Waals surface area contributed by atoms with E-state index in [1.165, 1.54) is 0 Å². The van der Waals surface area contributed by atoms with Gasteiger partial charge in [0.05, 0.1) is 0 Å². The van der Waals surface area contributed by atoms with Crippen molar-refractivity contribution in [3.8, 4) is 0 Å². The molecule has 0 atom stereocenters. The van der Waals surface area contributed by atoms with Gasteiger partial charge in [-0.05, 0) is 0 Å². The maximum Gasteiger partial charge on any atom is 0 e. The molecule has 37 valence electrons. The molecule has 0 aromatic rings. The van der Waals surface area contributed by atoms with E-state index >= 15 is 0 Å². The van der Waals surface area contributed by atoms with E-state index in [0.717, 1.165) is 0 Å². The van der Waals surface area contributed by atoms with Crippen LogP contribution >= 0.6 is 0 Å². The van der Waals surface area contributed by atoms with Crippen LogP contribution in [0.4, 0.5) is 0 Å². The number of rotatable bonds is 0. The van der Waals surface area contributed by atoms with Gasteiger partial charge in [-0.2, -0.15) is 6.92 Å². The van der Waals surface area contributed by atoms with Gasteiger partial charge in [0.15, 0.2) is 0 Å². The zero-order valence-electron chi connectivity index (χ0n) is 3.78. The van der Waals surface area contributed by atoms with Crippen LogP contribution in [0.15, 0.2) is 6.58 Å². The van der Waals surface area contributed by atoms with E-state index in [-0.39, 0.29) is 47.6 Å². The minimum Gasteiger partial charge on any atom is -0.507 e. The normalized spacial score (nSPS) is 2.17. The second-order valence-electron chi connectivity index (χ2n) is 0.354. The molecule has 0 aliphatic heterocycles. The summed E-state index contributed by atoms with van der Waals surface area (Å²) in [6, 6.07) is 0. The van der Waals surface area contributed by atoms with Gasteiger partial charge in [-0.25, -0.2) is 0 Å². The second kappa shape index (κ2) is 40.3. The van der Waals surface area contributed by atoms with Gasteiger partial charge in [-0.1, -0.05) is 7.43 Å². The van der Waals surface area contributed by atoms with Gasteiger partial charge in [0.25, 0.3) is 0 Å². The Morgan fingerprint density at radius 3 is 1.50 bits per heavy atom. The molecule has 0 heterocycles. The molecule has 0 unspecified atom stereocenters. The van der Waals surface area contributed by atoms with Crippen LogP contribution in [-0.4, -0.2) is 0 Å². The maximum atomic E-state index is 3.24. The smallest absolute Gasteiger partial charge is 0 e. The first kappa shape index (κ1) is 28.9. The maximum absolute atomic E-state index is 3.24. The molecule has 0 bridgehead atoms. The minimum atomic E-state index is 0. The standard InChI is InChI=1S/C3H5.CH4.CH3.Y/c1-3-2;;;/h1H2,2H3;1H4;1H3;/q-1;;-1;. The van der Waals surface area contributed by atoms with Crippen molar-refractivity contribution in [2.24, 2.45) is 0 Å². The molecule has 1 radical (unpaired) electrons. The number of hydrogen-bond acceptors (Lipinski definition) is 0. The van der Waals surface area contributed by atoms with E-state index in [2.05, 4.69) is 12.7 Å². The van der Waals surface area contributed by atoms with Crippen molar-refractivity contribution in [3.63, 3.8) is 0 Å². The Balaban J connectivity index is -0.00000000667. The van der Waals surface area contributed by atoms with E-state index in [4.69, 9.17) is 0 Å². The van der Waals surface area contributed by atoms with Crippen LogP contribution in [0.25, 0.3) is 0 Å². The van der Waals surface area contributed by atoms with E-state index in [1.807, 2.05) is 0 Å². The van der Waals surface area contributed by atoms with Gasteiger partial charge in [-0.3, -0.25) is 6.58 Å². The van der Waals surface area contributed by atoms with Gasteiger partial charge in [0, 0.05) is 32.7 Å². The number of allylic oxidation sites excluding steroid dienone is 1. The summed E-state index contributed by atoms with van der Waals surface area (Å²) in [5.41, 5.74) is 0. The van der Waals surface area contributed by atoms with Gasteiger partial charge in [-0.15, -0.1) is 0 Å². The molecule has 0 spiro atoms. The molecule has 1 heteroatoms. The average molecular weight is 161 g/mol. The van der Waals surface area contributed by atoms with E-state index in [1.54, 1.807) is 6.92 Å². The van der Waals surface area contributed by atoms with Gasteiger partial charge in [0.2, 0.25) is 0 Å². The fourth-order valence-electron chi connectivity index (χ4n) is 0. The summed E-state index contributed by atoms with van der Waals surface area (Å²) in [5.74, 6) is 0. The van der Waals surface area contributed by atoms with E-state index in [0.29, 0.717) is 0 Å². The van der Waals surface area contributed by atoms with Crippen LogP contribution in [0.5, 0.6) is 0 Å². The van der Waals surface area contributed by atoms with Crippen LogP contribution in [0.1, 0.15) is 14.4 Å². The summed E-state index contributed by atoms with van der Waals surface area (Å²) in [6.45, 7) is 5.00. The van der Waals surface area contributed by atoms with Crippen LogP contribution in [-0.2, 0) is 32.7 Å². The third kappa shape index (κ3) is 100. The summed E-state index contributed by atoms with van der Waals surface area (Å²) in [4.78, 5) is 0. The van der Waals surface area contributed by atoms with E-state index < -0.39 is 0 Å². The summed E-state index contributed by atoms with van der Waals surface area (Å²) in [7, 11) is 0. The first-order valence-corrected chi connectivity index (χ1v) is 0.854. The summed E-state index contributed by atoms with van der Waals surface area (Å²) >= 11 is 0. The quantitative estimate of drug-likeness (QED) is 0.477. The fraction of sp³-hybridized carbons (Fsp3) is 0.400. The van der Waals surface area contributed by atoms with Crippen LogP contribution in [0.3, 0.4) is 0 Å². The Morgan fingerprint density at radius 2 is 1.50 bits per heavy atom. The largest absolute Gasteiger partial charge is 0.507 e. The Labute approximate surface area is 66.9 Å². The second-order valence-corrected chi connectivity index (χ2v) is 0.354. The first-order chi connectivity index (χ1) is 1.41. The Morgan fingerprint density at radius 1 is 1.50 bits per heavy atom. The molecule has 6 heavy (non-hydrogen) atoms. The minimum absolute atomic E-state index is 0. The third-order valence-corrected chi connectivity index (χ3v) is 0. The Kier molecular flexibility index (Phi) is 194. The molecule has 0 aliphatic carbocycles. The van der Waals surface area contributed by atoms with Crippen molar-refractivity contribution in [2.45, 2.75) is 14.4 Å². The van der Waals surface area contributed by atoms with Crippen LogP contribution in [0.2, 0.25) is 0 Å². The molecule has 0 N–H and O–H groups in total. The molecule has 0 aromatic carbocycles. The molecule has 0 nitrogen and oxygen atoms in total. The predicted octanol–water partition coefficient (Wildman–Crippen LogP) is 2.08. The monoisotopic (exact) mass is 161 g/mol. The topological polar surface area (TPSA) is 0 Å². The summed E-state index contributed by atoms with van der Waals surface area (Å²) < 4.78 is 0. The molecule has 0 rings (SSSR count). The van der Waals surface area contributed by atoms with Crippen molar-refractivity contribution < 1.29 is 32.7 Å². The predicted molar refractivity (Wildman–Crippen MR) is 27.7 cm³/mol. The molecular formula is C5H12Y-2. The zero-order valence-corrected chi connectivity index (χ0v) is 6.62. The van der Waals surface area contributed by atoms with Gasteiger partial charge >= 0.3 is 0 Å². The molecule has 0 amide bonds.